The molecule has 1 aliphatic carbocycles. The van der Waals surface area contributed by atoms with Gasteiger partial charge in [-0.2, -0.15) is 5.10 Å². The van der Waals surface area contributed by atoms with Gasteiger partial charge >= 0.3 is 0 Å². The number of benzene rings is 1. The lowest BCUT2D eigenvalue weighted by Crippen LogP contribution is -2.31. The van der Waals surface area contributed by atoms with Crippen LogP contribution in [0.15, 0.2) is 24.3 Å². The lowest BCUT2D eigenvalue weighted by atomic mass is 9.89. The van der Waals surface area contributed by atoms with Gasteiger partial charge in [0.25, 0.3) is 5.91 Å². The summed E-state index contributed by atoms with van der Waals surface area (Å²) in [6.45, 7) is 5.19. The summed E-state index contributed by atoms with van der Waals surface area (Å²) >= 11 is 6.25. The Morgan fingerprint density at radius 1 is 1.24 bits per heavy atom. The third-order valence-electron chi connectivity index (χ3n) is 5.16. The van der Waals surface area contributed by atoms with Crippen LogP contribution in [0.3, 0.4) is 0 Å². The fraction of sp³-hybridized carbons (Fsp3) is 0.500. The fourth-order valence-electron chi connectivity index (χ4n) is 3.68. The number of hydrogen-bond donors (Lipinski definition) is 1. The minimum absolute atomic E-state index is 0.00835. The van der Waals surface area contributed by atoms with E-state index in [1.807, 2.05) is 42.8 Å². The van der Waals surface area contributed by atoms with Crippen molar-refractivity contribution in [1.29, 1.82) is 0 Å². The summed E-state index contributed by atoms with van der Waals surface area (Å²) < 4.78 is 1.87. The van der Waals surface area contributed by atoms with Crippen molar-refractivity contribution in [2.24, 2.45) is 5.92 Å². The Bertz CT molecular complexity index is 747. The molecule has 25 heavy (non-hydrogen) atoms. The molecular formula is C20H26ClN3O. The van der Waals surface area contributed by atoms with E-state index in [1.54, 1.807) is 0 Å². The van der Waals surface area contributed by atoms with Gasteiger partial charge in [-0.15, -0.1) is 0 Å². The largest absolute Gasteiger partial charge is 0.352 e. The smallest absolute Gasteiger partial charge is 0.255 e. The molecule has 1 amide bonds. The summed E-state index contributed by atoms with van der Waals surface area (Å²) in [5.41, 5.74) is 3.36. The Morgan fingerprint density at radius 3 is 2.68 bits per heavy atom. The number of rotatable bonds is 5. The van der Waals surface area contributed by atoms with Gasteiger partial charge in [0.05, 0.1) is 17.8 Å². The van der Waals surface area contributed by atoms with Crippen LogP contribution in [0.5, 0.6) is 0 Å². The topological polar surface area (TPSA) is 46.9 Å². The van der Waals surface area contributed by atoms with E-state index in [9.17, 15) is 4.79 Å². The molecule has 2 aromatic rings. The van der Waals surface area contributed by atoms with Crippen LogP contribution in [-0.4, -0.2) is 22.2 Å². The third kappa shape index (κ3) is 4.24. The van der Waals surface area contributed by atoms with Gasteiger partial charge in [0.15, 0.2) is 0 Å². The van der Waals surface area contributed by atoms with Gasteiger partial charge in [0, 0.05) is 17.3 Å². The van der Waals surface area contributed by atoms with Gasteiger partial charge in [0.1, 0.15) is 0 Å². The molecule has 0 saturated heterocycles. The first-order valence-electron chi connectivity index (χ1n) is 9.12. The molecule has 1 fully saturated rings. The van der Waals surface area contributed by atoms with E-state index in [1.165, 1.54) is 32.1 Å². The van der Waals surface area contributed by atoms with Crippen LogP contribution in [0.1, 0.15) is 59.4 Å². The summed E-state index contributed by atoms with van der Waals surface area (Å²) in [5.74, 6) is 0.613. The van der Waals surface area contributed by atoms with Crippen molar-refractivity contribution in [2.45, 2.75) is 52.5 Å². The van der Waals surface area contributed by atoms with Gasteiger partial charge in [-0.1, -0.05) is 49.1 Å². The van der Waals surface area contributed by atoms with E-state index >= 15 is 0 Å². The number of carbonyl (C=O) groups excluding carboxylic acids is 1. The number of hydrogen-bond acceptors (Lipinski definition) is 2. The van der Waals surface area contributed by atoms with Crippen molar-refractivity contribution in [2.75, 3.05) is 6.54 Å². The highest BCUT2D eigenvalue weighted by Gasteiger charge is 2.21. The average Bonchev–Trinajstić information content (AvgIpc) is 2.89. The number of aryl methyl sites for hydroxylation is 1. The second kappa shape index (κ2) is 8.05. The van der Waals surface area contributed by atoms with Crippen molar-refractivity contribution in [3.05, 3.63) is 51.8 Å². The first-order valence-corrected chi connectivity index (χ1v) is 9.49. The summed E-state index contributed by atoms with van der Waals surface area (Å²) in [6.07, 6.45) is 6.36. The number of nitrogens with zero attached hydrogens (tertiary/aromatic N) is 2. The Balaban J connectivity index is 1.70. The minimum atomic E-state index is -0.00835. The Hall–Kier alpha value is -1.81. The zero-order valence-corrected chi connectivity index (χ0v) is 15.8. The molecule has 1 heterocycles. The minimum Gasteiger partial charge on any atom is -0.352 e. The van der Waals surface area contributed by atoms with Gasteiger partial charge in [-0.25, -0.2) is 0 Å². The number of amides is 1. The first kappa shape index (κ1) is 18.0. The second-order valence-corrected chi connectivity index (χ2v) is 7.42. The average molecular weight is 360 g/mol. The SMILES string of the molecule is Cc1nn(Cc2ccccc2Cl)c(C)c1C(=O)NCC1CCCCC1. The van der Waals surface area contributed by atoms with E-state index in [4.69, 9.17) is 11.6 Å². The summed E-state index contributed by atoms with van der Waals surface area (Å²) in [5, 5.41) is 8.40. The molecule has 1 aliphatic rings. The van der Waals surface area contributed by atoms with Crippen LogP contribution in [-0.2, 0) is 6.54 Å². The van der Waals surface area contributed by atoms with Crippen LogP contribution >= 0.6 is 11.6 Å². The third-order valence-corrected chi connectivity index (χ3v) is 5.53. The highest BCUT2D eigenvalue weighted by molar-refractivity contribution is 6.31. The van der Waals surface area contributed by atoms with E-state index in [0.717, 1.165) is 28.5 Å². The van der Waals surface area contributed by atoms with E-state index in [0.29, 0.717) is 18.0 Å². The molecule has 0 spiro atoms. The van der Waals surface area contributed by atoms with E-state index < -0.39 is 0 Å². The summed E-state index contributed by atoms with van der Waals surface area (Å²) in [4.78, 5) is 12.7. The number of nitrogens with one attached hydrogen (secondary N) is 1. The number of carbonyl (C=O) groups is 1. The van der Waals surface area contributed by atoms with Crippen molar-refractivity contribution in [3.63, 3.8) is 0 Å². The fourth-order valence-corrected chi connectivity index (χ4v) is 3.88. The number of halogens is 1. The van der Waals surface area contributed by atoms with Crippen molar-refractivity contribution in [1.82, 2.24) is 15.1 Å². The van der Waals surface area contributed by atoms with Crippen LogP contribution in [0.25, 0.3) is 0 Å². The Labute approximate surface area is 154 Å². The lowest BCUT2D eigenvalue weighted by molar-refractivity contribution is 0.0942. The zero-order chi connectivity index (χ0) is 17.8. The van der Waals surface area contributed by atoms with Gasteiger partial charge in [-0.05, 0) is 44.2 Å². The van der Waals surface area contributed by atoms with Crippen LogP contribution < -0.4 is 5.32 Å². The van der Waals surface area contributed by atoms with Crippen molar-refractivity contribution < 1.29 is 4.79 Å². The first-order chi connectivity index (χ1) is 12.1. The monoisotopic (exact) mass is 359 g/mol. The predicted octanol–water partition coefficient (Wildman–Crippen LogP) is 4.51. The van der Waals surface area contributed by atoms with Crippen LogP contribution in [0.2, 0.25) is 5.02 Å². The molecule has 5 heteroatoms. The van der Waals surface area contributed by atoms with Gasteiger partial charge in [0.2, 0.25) is 0 Å². The van der Waals surface area contributed by atoms with Crippen molar-refractivity contribution in [3.8, 4) is 0 Å². The second-order valence-electron chi connectivity index (χ2n) is 7.01. The summed E-state index contributed by atoms with van der Waals surface area (Å²) in [6, 6.07) is 7.74. The quantitative estimate of drug-likeness (QED) is 0.853. The normalized spacial score (nSPS) is 15.3. The molecule has 3 rings (SSSR count). The molecule has 0 bridgehead atoms. The van der Waals surface area contributed by atoms with Gasteiger partial charge < -0.3 is 5.32 Å². The zero-order valence-electron chi connectivity index (χ0n) is 15.0. The highest BCUT2D eigenvalue weighted by Crippen LogP contribution is 2.23. The molecule has 1 saturated carbocycles. The lowest BCUT2D eigenvalue weighted by Gasteiger charge is -2.21. The van der Waals surface area contributed by atoms with Gasteiger partial charge in [-0.3, -0.25) is 9.48 Å². The highest BCUT2D eigenvalue weighted by atomic mass is 35.5. The Morgan fingerprint density at radius 2 is 1.96 bits per heavy atom. The predicted molar refractivity (Wildman–Crippen MR) is 101 cm³/mol. The van der Waals surface area contributed by atoms with E-state index in [2.05, 4.69) is 10.4 Å². The molecule has 4 nitrogen and oxygen atoms in total. The molecule has 0 aliphatic heterocycles. The molecule has 134 valence electrons. The molecular weight excluding hydrogens is 334 g/mol. The van der Waals surface area contributed by atoms with Crippen molar-refractivity contribution >= 4 is 17.5 Å². The maximum atomic E-state index is 12.7. The standard InChI is InChI=1S/C20H26ClN3O/c1-14-19(20(25)22-12-16-8-4-3-5-9-16)15(2)24(23-14)13-17-10-6-7-11-18(17)21/h6-7,10-11,16H,3-5,8-9,12-13H2,1-2H3,(H,22,25). The maximum absolute atomic E-state index is 12.7. The van der Waals surface area contributed by atoms with Crippen LogP contribution in [0, 0.1) is 19.8 Å². The molecule has 0 atom stereocenters. The molecule has 1 aromatic carbocycles. The maximum Gasteiger partial charge on any atom is 0.255 e. The van der Waals surface area contributed by atoms with Crippen LogP contribution in [0.4, 0.5) is 0 Å². The molecule has 0 unspecified atom stereocenters. The summed E-state index contributed by atoms with van der Waals surface area (Å²) in [7, 11) is 0. The number of aromatic nitrogens is 2. The Kier molecular flexibility index (Phi) is 5.79. The molecule has 0 radical (unpaired) electrons. The molecule has 1 aromatic heterocycles. The molecule has 1 N–H and O–H groups in total. The van der Waals surface area contributed by atoms with E-state index in [-0.39, 0.29) is 5.91 Å².